The molecule has 2 aromatic rings. The van der Waals surface area contributed by atoms with Crippen LogP contribution < -0.4 is 5.73 Å². The van der Waals surface area contributed by atoms with Crippen LogP contribution in [0.5, 0.6) is 0 Å². The molecule has 1 fully saturated rings. The number of benzene rings is 2. The number of carbonyl (C=O) groups is 2. The Morgan fingerprint density at radius 3 is 2.20 bits per heavy atom. The Hall–Kier alpha value is -2.84. The molecule has 2 aromatic carbocycles. The zero-order valence-corrected chi connectivity index (χ0v) is 17.1. The van der Waals surface area contributed by atoms with Crippen LogP contribution in [-0.4, -0.2) is 61.2 Å². The highest BCUT2D eigenvalue weighted by Gasteiger charge is 2.41. The Balaban J connectivity index is 1.89. The van der Waals surface area contributed by atoms with E-state index in [-0.39, 0.29) is 18.3 Å². The maximum atomic E-state index is 13.6. The third kappa shape index (κ3) is 4.66. The molecule has 6 nitrogen and oxygen atoms in total. The number of hydrogen-bond acceptors (Lipinski definition) is 3. The van der Waals surface area contributed by atoms with Crippen LogP contribution in [0.1, 0.15) is 17.9 Å². The molecule has 0 bridgehead atoms. The minimum absolute atomic E-state index is 0.0232. The Bertz CT molecular complexity index is 890. The van der Waals surface area contributed by atoms with Gasteiger partial charge in [-0.05, 0) is 35.2 Å². The fraction of sp³-hybridized carbons (Fsp3) is 0.364. The molecule has 0 unspecified atom stereocenters. The van der Waals surface area contributed by atoms with Gasteiger partial charge in [-0.1, -0.05) is 36.4 Å². The number of likely N-dealkylation sites (N-methyl/N-ethyl adjacent to an activating group) is 1. The summed E-state index contributed by atoms with van der Waals surface area (Å²) >= 11 is 0. The van der Waals surface area contributed by atoms with Crippen molar-refractivity contribution in [2.24, 2.45) is 0 Å². The summed E-state index contributed by atoms with van der Waals surface area (Å²) in [5, 5.41) is 1.06. The lowest BCUT2D eigenvalue weighted by atomic mass is 9.89. The molecule has 1 aliphatic rings. The lowest BCUT2D eigenvalue weighted by molar-refractivity contribution is -0.409. The molecule has 3 atom stereocenters. The lowest BCUT2D eigenvalue weighted by Crippen LogP contribution is -2.71. The van der Waals surface area contributed by atoms with Crippen molar-refractivity contribution in [2.45, 2.75) is 24.6 Å². The topological polar surface area (TPSA) is 77.5 Å². The summed E-state index contributed by atoms with van der Waals surface area (Å²) in [5.41, 5.74) is 6.22. The van der Waals surface area contributed by atoms with E-state index in [1.807, 2.05) is 0 Å². The van der Waals surface area contributed by atoms with Gasteiger partial charge in [0.1, 0.15) is 17.9 Å². The normalized spacial score (nSPS) is 18.2. The van der Waals surface area contributed by atoms with Crippen molar-refractivity contribution >= 4 is 11.8 Å². The average Bonchev–Trinajstić information content (AvgIpc) is 3.20. The second-order valence-corrected chi connectivity index (χ2v) is 7.40. The number of quaternary nitrogens is 1. The van der Waals surface area contributed by atoms with Crippen LogP contribution in [0.25, 0.3) is 11.1 Å². The highest BCUT2D eigenvalue weighted by molar-refractivity contribution is 5.92. The van der Waals surface area contributed by atoms with Gasteiger partial charge in [0, 0.05) is 13.6 Å². The molecule has 1 aliphatic heterocycles. The molecule has 30 heavy (non-hydrogen) atoms. The molecule has 8 heteroatoms. The second kappa shape index (κ2) is 9.32. The van der Waals surface area contributed by atoms with Crippen LogP contribution >= 0.6 is 0 Å². The minimum atomic E-state index is -1.05. The highest BCUT2D eigenvalue weighted by atomic mass is 19.1. The van der Waals surface area contributed by atoms with Crippen molar-refractivity contribution in [2.75, 3.05) is 27.2 Å². The molecule has 0 aliphatic carbocycles. The van der Waals surface area contributed by atoms with E-state index in [9.17, 15) is 18.4 Å². The Labute approximate surface area is 174 Å². The first-order valence-corrected chi connectivity index (χ1v) is 9.75. The molecule has 0 saturated carbocycles. The molecule has 0 aromatic heterocycles. The fourth-order valence-corrected chi connectivity index (χ4v) is 3.65. The molecular weight excluding hydrogens is 392 g/mol. The van der Waals surface area contributed by atoms with Crippen LogP contribution in [-0.2, 0) is 14.4 Å². The number of carbonyl (C=O) groups excluding carboxylic acids is 2. The zero-order valence-electron chi connectivity index (χ0n) is 17.1. The van der Waals surface area contributed by atoms with E-state index in [1.165, 1.54) is 31.2 Å². The third-order valence-corrected chi connectivity index (χ3v) is 5.46. The molecular formula is C22H26F2N3O3+. The molecule has 160 valence electrons. The van der Waals surface area contributed by atoms with E-state index in [4.69, 9.17) is 4.84 Å². The Kier molecular flexibility index (Phi) is 6.79. The monoisotopic (exact) mass is 418 g/mol. The lowest BCUT2D eigenvalue weighted by Gasteiger charge is -2.27. The quantitative estimate of drug-likeness (QED) is 0.727. The van der Waals surface area contributed by atoms with Gasteiger partial charge in [-0.2, -0.15) is 0 Å². The summed E-state index contributed by atoms with van der Waals surface area (Å²) in [6, 6.07) is 12.3. The van der Waals surface area contributed by atoms with Crippen LogP contribution in [0, 0.1) is 5.82 Å². The molecule has 3 rings (SSSR count). The number of hydrogen-bond donors (Lipinski definition) is 1. The Morgan fingerprint density at radius 1 is 1.13 bits per heavy atom. The first kappa shape index (κ1) is 21.9. The summed E-state index contributed by atoms with van der Waals surface area (Å²) in [7, 11) is 2.83. The molecule has 2 amide bonds. The second-order valence-electron chi connectivity index (χ2n) is 7.40. The number of rotatable bonds is 6. The molecule has 1 heterocycles. The number of halogens is 2. The first-order valence-electron chi connectivity index (χ1n) is 9.75. The summed E-state index contributed by atoms with van der Waals surface area (Å²) in [5.74, 6) is -1.99. The van der Waals surface area contributed by atoms with E-state index in [2.05, 4.69) is 5.73 Å². The van der Waals surface area contributed by atoms with Crippen molar-refractivity contribution in [3.8, 4) is 11.1 Å². The Morgan fingerprint density at radius 2 is 1.70 bits per heavy atom. The van der Waals surface area contributed by atoms with Crippen LogP contribution in [0.2, 0.25) is 0 Å². The maximum Gasteiger partial charge on any atom is 0.282 e. The smallest absolute Gasteiger partial charge is 0.282 e. The van der Waals surface area contributed by atoms with Gasteiger partial charge >= 0.3 is 0 Å². The summed E-state index contributed by atoms with van der Waals surface area (Å²) in [6.07, 6.45) is -0.756. The molecule has 3 N–H and O–H groups in total. The number of alkyl halides is 1. The van der Waals surface area contributed by atoms with E-state index in [0.29, 0.717) is 18.5 Å². The molecule has 0 spiro atoms. The highest BCUT2D eigenvalue weighted by Crippen LogP contribution is 2.27. The number of nitrogens with zero attached hydrogens (tertiary/aromatic N) is 2. The fourth-order valence-electron chi connectivity index (χ4n) is 3.65. The number of amides is 2. The summed E-state index contributed by atoms with van der Waals surface area (Å²) < 4.78 is 26.7. The van der Waals surface area contributed by atoms with Gasteiger partial charge in [0.15, 0.2) is 6.04 Å². The zero-order chi connectivity index (χ0) is 21.8. The van der Waals surface area contributed by atoms with Gasteiger partial charge in [0.2, 0.25) is 0 Å². The SMILES string of the molecule is CON(C)C(=O)[C@@H](c1ccc(-c2ccc(F)cc2)cc1)[C@H]([NH3+])C(=O)N1CC[C@H](F)C1. The maximum absolute atomic E-state index is 13.6. The van der Waals surface area contributed by atoms with Crippen molar-refractivity contribution < 1.29 is 28.9 Å². The number of hydroxylamine groups is 2. The van der Waals surface area contributed by atoms with Gasteiger partial charge in [0.25, 0.3) is 11.8 Å². The van der Waals surface area contributed by atoms with Crippen molar-refractivity contribution in [3.05, 3.63) is 59.9 Å². The van der Waals surface area contributed by atoms with Crippen molar-refractivity contribution in [1.29, 1.82) is 0 Å². The van der Waals surface area contributed by atoms with Crippen LogP contribution in [0.3, 0.4) is 0 Å². The largest absolute Gasteiger partial charge is 0.346 e. The predicted octanol–water partition coefficient (Wildman–Crippen LogP) is 1.78. The predicted molar refractivity (Wildman–Crippen MR) is 107 cm³/mol. The molecule has 0 radical (unpaired) electrons. The van der Waals surface area contributed by atoms with Gasteiger partial charge in [-0.15, -0.1) is 0 Å². The average molecular weight is 418 g/mol. The van der Waals surface area contributed by atoms with Gasteiger partial charge in [0.05, 0.1) is 13.7 Å². The van der Waals surface area contributed by atoms with E-state index in [1.54, 1.807) is 36.4 Å². The third-order valence-electron chi connectivity index (χ3n) is 5.46. The van der Waals surface area contributed by atoms with E-state index < -0.39 is 24.0 Å². The molecule has 1 saturated heterocycles. The van der Waals surface area contributed by atoms with Crippen LogP contribution in [0.4, 0.5) is 8.78 Å². The van der Waals surface area contributed by atoms with Crippen molar-refractivity contribution in [1.82, 2.24) is 9.96 Å². The van der Waals surface area contributed by atoms with Gasteiger partial charge < -0.3 is 10.6 Å². The van der Waals surface area contributed by atoms with E-state index >= 15 is 0 Å². The van der Waals surface area contributed by atoms with E-state index in [0.717, 1.165) is 16.2 Å². The summed E-state index contributed by atoms with van der Waals surface area (Å²) in [6.45, 7) is 0.339. The van der Waals surface area contributed by atoms with Crippen molar-refractivity contribution in [3.63, 3.8) is 0 Å². The minimum Gasteiger partial charge on any atom is -0.346 e. The van der Waals surface area contributed by atoms with Crippen LogP contribution in [0.15, 0.2) is 48.5 Å². The number of likely N-dealkylation sites (tertiary alicyclic amines) is 1. The standard InChI is InChI=1S/C22H25F2N3O3/c1-26(30-2)21(28)19(20(25)22(29)27-12-11-18(24)13-27)16-5-3-14(4-6-16)15-7-9-17(23)10-8-15/h3-10,18-20H,11-13,25H2,1-2H3/p+1/t18-,19-,20-/m0/s1. The first-order chi connectivity index (χ1) is 14.3. The summed E-state index contributed by atoms with van der Waals surface area (Å²) in [4.78, 5) is 32.3. The van der Waals surface area contributed by atoms with Gasteiger partial charge in [-0.3, -0.25) is 14.4 Å². The van der Waals surface area contributed by atoms with Gasteiger partial charge in [-0.25, -0.2) is 13.8 Å².